The zero-order chi connectivity index (χ0) is 19.1. The highest BCUT2D eigenvalue weighted by Crippen LogP contribution is 2.47. The van der Waals surface area contributed by atoms with Crippen LogP contribution in [-0.4, -0.2) is 36.6 Å². The molecule has 2 aromatic rings. The lowest BCUT2D eigenvalue weighted by Gasteiger charge is -2.19. The van der Waals surface area contributed by atoms with E-state index in [1.54, 1.807) is 12.1 Å². The van der Waals surface area contributed by atoms with Crippen LogP contribution in [0.1, 0.15) is 25.3 Å². The van der Waals surface area contributed by atoms with E-state index in [-0.39, 0.29) is 23.6 Å². The standard InChI is InChI=1S/C21H26N4O2/c1-2-22-20(23-14-19(27)25-17-8-10-18(26)11-9-17)24-15-21(12-13-21)16-6-4-3-5-7-16/h3-11,26H,2,12-15H2,1H3,(H,25,27)(H2,22,23,24). The maximum Gasteiger partial charge on any atom is 0.246 e. The molecule has 6 heteroatoms. The molecule has 27 heavy (non-hydrogen) atoms. The Labute approximate surface area is 159 Å². The second-order valence-electron chi connectivity index (χ2n) is 6.79. The van der Waals surface area contributed by atoms with E-state index in [9.17, 15) is 9.90 Å². The quantitative estimate of drug-likeness (QED) is 0.345. The second-order valence-corrected chi connectivity index (χ2v) is 6.79. The minimum Gasteiger partial charge on any atom is -0.508 e. The lowest BCUT2D eigenvalue weighted by atomic mass is 9.96. The summed E-state index contributed by atoms with van der Waals surface area (Å²) in [5.41, 5.74) is 2.15. The molecule has 3 rings (SSSR count). The number of benzene rings is 2. The fourth-order valence-corrected chi connectivity index (χ4v) is 3.00. The molecule has 2 aromatic carbocycles. The molecule has 0 heterocycles. The van der Waals surface area contributed by atoms with Gasteiger partial charge in [-0.2, -0.15) is 0 Å². The first kappa shape index (κ1) is 18.8. The van der Waals surface area contributed by atoms with Crippen molar-refractivity contribution >= 4 is 17.6 Å². The number of hydrogen-bond donors (Lipinski definition) is 4. The smallest absolute Gasteiger partial charge is 0.246 e. The molecule has 0 bridgehead atoms. The van der Waals surface area contributed by atoms with Crippen LogP contribution in [0.2, 0.25) is 0 Å². The van der Waals surface area contributed by atoms with E-state index in [4.69, 9.17) is 0 Å². The summed E-state index contributed by atoms with van der Waals surface area (Å²) in [4.78, 5) is 16.5. The average Bonchev–Trinajstić information content (AvgIpc) is 3.48. The van der Waals surface area contributed by atoms with Gasteiger partial charge in [-0.1, -0.05) is 30.3 Å². The first-order chi connectivity index (χ1) is 13.1. The molecule has 1 amide bonds. The molecule has 1 aliphatic rings. The second kappa shape index (κ2) is 8.58. The Kier molecular flexibility index (Phi) is 5.96. The number of rotatable bonds is 7. The van der Waals surface area contributed by atoms with Gasteiger partial charge in [0.1, 0.15) is 12.3 Å². The minimum absolute atomic E-state index is 0.0224. The van der Waals surface area contributed by atoms with Gasteiger partial charge in [-0.15, -0.1) is 0 Å². The Hall–Kier alpha value is -3.02. The molecule has 0 spiro atoms. The highest BCUT2D eigenvalue weighted by molar-refractivity contribution is 5.94. The molecule has 4 N–H and O–H groups in total. The number of guanidine groups is 1. The van der Waals surface area contributed by atoms with Gasteiger partial charge >= 0.3 is 0 Å². The zero-order valence-corrected chi connectivity index (χ0v) is 15.5. The number of phenolic OH excluding ortho intramolecular Hbond substituents is 1. The van der Waals surface area contributed by atoms with Crippen LogP contribution in [0.25, 0.3) is 0 Å². The molecule has 142 valence electrons. The van der Waals surface area contributed by atoms with Crippen molar-refractivity contribution in [3.63, 3.8) is 0 Å². The SMILES string of the molecule is CCNC(=NCC(=O)Nc1ccc(O)cc1)NCC1(c2ccccc2)CC1. The van der Waals surface area contributed by atoms with E-state index in [0.717, 1.165) is 25.9 Å². The van der Waals surface area contributed by atoms with E-state index in [2.05, 4.69) is 45.2 Å². The molecule has 0 unspecified atom stereocenters. The van der Waals surface area contributed by atoms with E-state index in [1.807, 2.05) is 13.0 Å². The average molecular weight is 366 g/mol. The Morgan fingerprint density at radius 2 is 1.78 bits per heavy atom. The summed E-state index contributed by atoms with van der Waals surface area (Å²) in [6.07, 6.45) is 2.31. The van der Waals surface area contributed by atoms with Crippen molar-refractivity contribution in [2.24, 2.45) is 4.99 Å². The van der Waals surface area contributed by atoms with Gasteiger partial charge in [-0.3, -0.25) is 4.79 Å². The van der Waals surface area contributed by atoms with Crippen molar-refractivity contribution in [3.05, 3.63) is 60.2 Å². The molecule has 1 aliphatic carbocycles. The summed E-state index contributed by atoms with van der Waals surface area (Å²) in [6.45, 7) is 3.54. The summed E-state index contributed by atoms with van der Waals surface area (Å²) in [6, 6.07) is 16.9. The Balaban J connectivity index is 1.55. The number of amides is 1. The number of phenols is 1. The number of aliphatic imine (C=N–C) groups is 1. The van der Waals surface area contributed by atoms with Crippen molar-refractivity contribution in [2.45, 2.75) is 25.2 Å². The van der Waals surface area contributed by atoms with Gasteiger partial charge in [0.05, 0.1) is 0 Å². The summed E-state index contributed by atoms with van der Waals surface area (Å²) < 4.78 is 0. The van der Waals surface area contributed by atoms with Crippen LogP contribution < -0.4 is 16.0 Å². The summed E-state index contributed by atoms with van der Waals surface area (Å²) in [5.74, 6) is 0.597. The van der Waals surface area contributed by atoms with Crippen LogP contribution in [0.5, 0.6) is 5.75 Å². The van der Waals surface area contributed by atoms with Crippen molar-refractivity contribution in [2.75, 3.05) is 25.0 Å². The van der Waals surface area contributed by atoms with Crippen LogP contribution >= 0.6 is 0 Å². The predicted octanol–water partition coefficient (Wildman–Crippen LogP) is 2.62. The summed E-state index contributed by atoms with van der Waals surface area (Å²) in [5, 5.41) is 18.6. The van der Waals surface area contributed by atoms with Gasteiger partial charge in [-0.05, 0) is 49.6 Å². The van der Waals surface area contributed by atoms with Crippen LogP contribution in [0.3, 0.4) is 0 Å². The van der Waals surface area contributed by atoms with Gasteiger partial charge in [0, 0.05) is 24.2 Å². The largest absolute Gasteiger partial charge is 0.508 e. The predicted molar refractivity (Wildman–Crippen MR) is 108 cm³/mol. The van der Waals surface area contributed by atoms with Gasteiger partial charge < -0.3 is 21.1 Å². The van der Waals surface area contributed by atoms with Gasteiger partial charge in [0.25, 0.3) is 0 Å². The third kappa shape index (κ3) is 5.23. The highest BCUT2D eigenvalue weighted by atomic mass is 16.3. The van der Waals surface area contributed by atoms with Crippen LogP contribution in [0.4, 0.5) is 5.69 Å². The molecular weight excluding hydrogens is 340 g/mol. The van der Waals surface area contributed by atoms with Crippen LogP contribution in [0, 0.1) is 0 Å². The fourth-order valence-electron chi connectivity index (χ4n) is 3.00. The molecule has 0 aliphatic heterocycles. The van der Waals surface area contributed by atoms with Crippen LogP contribution in [-0.2, 0) is 10.2 Å². The number of carbonyl (C=O) groups is 1. The molecule has 6 nitrogen and oxygen atoms in total. The molecular formula is C21H26N4O2. The normalized spacial score (nSPS) is 15.1. The third-order valence-electron chi connectivity index (χ3n) is 4.71. The lowest BCUT2D eigenvalue weighted by molar-refractivity contribution is -0.114. The van der Waals surface area contributed by atoms with Gasteiger partial charge in [0.15, 0.2) is 5.96 Å². The van der Waals surface area contributed by atoms with E-state index < -0.39 is 0 Å². The molecule has 0 aromatic heterocycles. The van der Waals surface area contributed by atoms with E-state index >= 15 is 0 Å². The topological polar surface area (TPSA) is 85.8 Å². The summed E-state index contributed by atoms with van der Waals surface area (Å²) >= 11 is 0. The number of nitrogens with zero attached hydrogens (tertiary/aromatic N) is 1. The minimum atomic E-state index is -0.206. The van der Waals surface area contributed by atoms with Crippen LogP contribution in [0.15, 0.2) is 59.6 Å². The molecule has 1 saturated carbocycles. The maximum atomic E-state index is 12.1. The van der Waals surface area contributed by atoms with Crippen molar-refractivity contribution in [1.29, 1.82) is 0 Å². The van der Waals surface area contributed by atoms with Gasteiger partial charge in [0.2, 0.25) is 5.91 Å². The first-order valence-corrected chi connectivity index (χ1v) is 9.28. The first-order valence-electron chi connectivity index (χ1n) is 9.28. The molecule has 0 saturated heterocycles. The third-order valence-corrected chi connectivity index (χ3v) is 4.71. The Morgan fingerprint density at radius 3 is 2.41 bits per heavy atom. The number of carbonyl (C=O) groups excluding carboxylic acids is 1. The number of aromatic hydroxyl groups is 1. The fraction of sp³-hybridized carbons (Fsp3) is 0.333. The maximum absolute atomic E-state index is 12.1. The number of hydrogen-bond acceptors (Lipinski definition) is 3. The lowest BCUT2D eigenvalue weighted by Crippen LogP contribution is -2.41. The van der Waals surface area contributed by atoms with Crippen molar-refractivity contribution < 1.29 is 9.90 Å². The van der Waals surface area contributed by atoms with Crippen molar-refractivity contribution in [3.8, 4) is 5.75 Å². The van der Waals surface area contributed by atoms with E-state index in [1.165, 1.54) is 17.7 Å². The Bertz CT molecular complexity index is 784. The van der Waals surface area contributed by atoms with Gasteiger partial charge in [-0.25, -0.2) is 4.99 Å². The zero-order valence-electron chi connectivity index (χ0n) is 15.5. The molecule has 0 radical (unpaired) electrons. The van der Waals surface area contributed by atoms with Crippen molar-refractivity contribution in [1.82, 2.24) is 10.6 Å². The molecule has 0 atom stereocenters. The summed E-state index contributed by atoms with van der Waals surface area (Å²) in [7, 11) is 0. The Morgan fingerprint density at radius 1 is 1.07 bits per heavy atom. The van der Waals surface area contributed by atoms with E-state index in [0.29, 0.717) is 11.6 Å². The number of nitrogens with one attached hydrogen (secondary N) is 3. The number of anilines is 1. The monoisotopic (exact) mass is 366 g/mol. The molecule has 1 fully saturated rings. The highest BCUT2D eigenvalue weighted by Gasteiger charge is 2.43.